The van der Waals surface area contributed by atoms with Crippen molar-refractivity contribution in [2.24, 2.45) is 0 Å². The molecule has 1 saturated carbocycles. The van der Waals surface area contributed by atoms with Crippen LogP contribution < -0.4 is 5.32 Å². The van der Waals surface area contributed by atoms with Crippen molar-refractivity contribution >= 4 is 28.4 Å². The SMILES string of the molecule is CCc1nc(C2(C)CC2)nc(NC)c1I. The molecule has 1 heterocycles. The Morgan fingerprint density at radius 3 is 2.53 bits per heavy atom. The Balaban J connectivity index is 2.49. The molecule has 3 nitrogen and oxygen atoms in total. The summed E-state index contributed by atoms with van der Waals surface area (Å²) >= 11 is 2.32. The van der Waals surface area contributed by atoms with Crippen LogP contribution in [0, 0.1) is 3.57 Å². The zero-order valence-corrected chi connectivity index (χ0v) is 11.6. The minimum Gasteiger partial charge on any atom is -0.372 e. The lowest BCUT2D eigenvalue weighted by molar-refractivity contribution is 0.697. The number of aromatic nitrogens is 2. The van der Waals surface area contributed by atoms with Gasteiger partial charge in [-0.3, -0.25) is 0 Å². The first-order valence-electron chi connectivity index (χ1n) is 5.35. The van der Waals surface area contributed by atoms with Gasteiger partial charge in [0, 0.05) is 12.5 Å². The summed E-state index contributed by atoms with van der Waals surface area (Å²) < 4.78 is 1.16. The number of aryl methyl sites for hydroxylation is 1. The van der Waals surface area contributed by atoms with E-state index >= 15 is 0 Å². The summed E-state index contributed by atoms with van der Waals surface area (Å²) in [5.74, 6) is 2.00. The maximum Gasteiger partial charge on any atom is 0.143 e. The van der Waals surface area contributed by atoms with Gasteiger partial charge < -0.3 is 5.32 Å². The van der Waals surface area contributed by atoms with E-state index in [1.807, 2.05) is 7.05 Å². The van der Waals surface area contributed by atoms with Crippen LogP contribution in [0.3, 0.4) is 0 Å². The monoisotopic (exact) mass is 317 g/mol. The van der Waals surface area contributed by atoms with Gasteiger partial charge in [-0.25, -0.2) is 9.97 Å². The number of hydrogen-bond acceptors (Lipinski definition) is 3. The van der Waals surface area contributed by atoms with Crippen LogP contribution in [-0.2, 0) is 11.8 Å². The van der Waals surface area contributed by atoms with Crippen molar-refractivity contribution in [1.29, 1.82) is 0 Å². The van der Waals surface area contributed by atoms with Gasteiger partial charge in [-0.2, -0.15) is 0 Å². The summed E-state index contributed by atoms with van der Waals surface area (Å²) in [6.45, 7) is 4.39. The molecule has 1 aromatic rings. The highest BCUT2D eigenvalue weighted by Gasteiger charge is 2.42. The Hall–Kier alpha value is -0.390. The van der Waals surface area contributed by atoms with E-state index in [9.17, 15) is 0 Å². The van der Waals surface area contributed by atoms with E-state index in [0.717, 1.165) is 27.3 Å². The van der Waals surface area contributed by atoms with Gasteiger partial charge in [0.25, 0.3) is 0 Å². The third-order valence-corrected chi connectivity index (χ3v) is 4.16. The first-order valence-corrected chi connectivity index (χ1v) is 6.43. The Labute approximate surface area is 104 Å². The van der Waals surface area contributed by atoms with Crippen molar-refractivity contribution < 1.29 is 0 Å². The van der Waals surface area contributed by atoms with Crippen molar-refractivity contribution in [3.63, 3.8) is 0 Å². The van der Waals surface area contributed by atoms with Crippen LogP contribution in [0.5, 0.6) is 0 Å². The topological polar surface area (TPSA) is 37.8 Å². The fourth-order valence-electron chi connectivity index (χ4n) is 1.57. The van der Waals surface area contributed by atoms with Crippen LogP contribution in [0.2, 0.25) is 0 Å². The number of hydrogen-bond donors (Lipinski definition) is 1. The average molecular weight is 317 g/mol. The van der Waals surface area contributed by atoms with Crippen molar-refractivity contribution in [2.45, 2.75) is 38.5 Å². The van der Waals surface area contributed by atoms with E-state index in [1.54, 1.807) is 0 Å². The van der Waals surface area contributed by atoms with Crippen LogP contribution in [-0.4, -0.2) is 17.0 Å². The number of halogens is 1. The van der Waals surface area contributed by atoms with Gasteiger partial charge in [-0.15, -0.1) is 0 Å². The van der Waals surface area contributed by atoms with Gasteiger partial charge in [0.15, 0.2) is 0 Å². The molecule has 0 radical (unpaired) electrons. The maximum atomic E-state index is 4.67. The van der Waals surface area contributed by atoms with Crippen LogP contribution in [0.1, 0.15) is 38.2 Å². The molecule has 0 aromatic carbocycles. The molecule has 0 bridgehead atoms. The predicted octanol–water partition coefficient (Wildman–Crippen LogP) is 2.74. The first-order chi connectivity index (χ1) is 7.10. The minimum atomic E-state index is 0.250. The molecule has 1 aliphatic carbocycles. The number of rotatable bonds is 3. The molecule has 0 aliphatic heterocycles. The Bertz CT molecular complexity index is 360. The second-order valence-corrected chi connectivity index (χ2v) is 5.40. The number of nitrogens with one attached hydrogen (secondary N) is 1. The zero-order valence-electron chi connectivity index (χ0n) is 9.39. The molecule has 4 heteroatoms. The molecule has 0 saturated heterocycles. The fraction of sp³-hybridized carbons (Fsp3) is 0.636. The Morgan fingerprint density at radius 2 is 2.07 bits per heavy atom. The van der Waals surface area contributed by atoms with Crippen LogP contribution >= 0.6 is 22.6 Å². The van der Waals surface area contributed by atoms with E-state index in [-0.39, 0.29) is 5.41 Å². The highest BCUT2D eigenvalue weighted by Crippen LogP contribution is 2.46. The van der Waals surface area contributed by atoms with E-state index in [4.69, 9.17) is 0 Å². The fourth-order valence-corrected chi connectivity index (χ4v) is 2.47. The zero-order chi connectivity index (χ0) is 11.1. The molecule has 1 fully saturated rings. The van der Waals surface area contributed by atoms with Gasteiger partial charge in [0.2, 0.25) is 0 Å². The molecule has 0 spiro atoms. The second kappa shape index (κ2) is 3.88. The molecule has 0 atom stereocenters. The lowest BCUT2D eigenvalue weighted by atomic mass is 10.1. The third kappa shape index (κ3) is 1.96. The molecule has 2 rings (SSSR count). The summed E-state index contributed by atoms with van der Waals surface area (Å²) in [6, 6.07) is 0. The second-order valence-electron chi connectivity index (χ2n) is 4.32. The largest absolute Gasteiger partial charge is 0.372 e. The summed E-state index contributed by atoms with van der Waals surface area (Å²) in [4.78, 5) is 9.28. The lowest BCUT2D eigenvalue weighted by Gasteiger charge is -2.13. The molecule has 0 unspecified atom stereocenters. The van der Waals surface area contributed by atoms with E-state index in [2.05, 4.69) is 51.7 Å². The number of anilines is 1. The van der Waals surface area contributed by atoms with Crippen LogP contribution in [0.15, 0.2) is 0 Å². The van der Waals surface area contributed by atoms with Gasteiger partial charge in [-0.1, -0.05) is 13.8 Å². The Kier molecular flexibility index (Phi) is 2.87. The molecule has 15 heavy (non-hydrogen) atoms. The van der Waals surface area contributed by atoms with Gasteiger partial charge in [-0.05, 0) is 41.9 Å². The maximum absolute atomic E-state index is 4.67. The highest BCUT2D eigenvalue weighted by molar-refractivity contribution is 14.1. The lowest BCUT2D eigenvalue weighted by Crippen LogP contribution is -2.13. The molecule has 1 aliphatic rings. The van der Waals surface area contributed by atoms with Gasteiger partial charge in [0.1, 0.15) is 11.6 Å². The molecular weight excluding hydrogens is 301 g/mol. The van der Waals surface area contributed by atoms with Crippen LogP contribution in [0.25, 0.3) is 0 Å². The van der Waals surface area contributed by atoms with Gasteiger partial charge >= 0.3 is 0 Å². The predicted molar refractivity (Wildman–Crippen MR) is 70.3 cm³/mol. The van der Waals surface area contributed by atoms with Gasteiger partial charge in [0.05, 0.1) is 9.26 Å². The summed E-state index contributed by atoms with van der Waals surface area (Å²) in [7, 11) is 1.92. The average Bonchev–Trinajstić information content (AvgIpc) is 2.98. The molecule has 82 valence electrons. The van der Waals surface area contributed by atoms with E-state index in [1.165, 1.54) is 12.8 Å². The summed E-state index contributed by atoms with van der Waals surface area (Å²) in [5, 5.41) is 3.15. The smallest absolute Gasteiger partial charge is 0.143 e. The summed E-state index contributed by atoms with van der Waals surface area (Å²) in [6.07, 6.45) is 3.42. The standard InChI is InChI=1S/C11H16IN3/c1-4-7-8(12)9(13-3)15-10(14-7)11(2)5-6-11/h4-6H2,1-3H3,(H,13,14,15). The van der Waals surface area contributed by atoms with E-state index in [0.29, 0.717) is 0 Å². The van der Waals surface area contributed by atoms with Crippen molar-refractivity contribution in [3.8, 4) is 0 Å². The first kappa shape index (κ1) is 11.1. The summed E-state index contributed by atoms with van der Waals surface area (Å²) in [5.41, 5.74) is 1.41. The molecule has 1 N–H and O–H groups in total. The quantitative estimate of drug-likeness (QED) is 0.871. The van der Waals surface area contributed by atoms with Crippen LogP contribution in [0.4, 0.5) is 5.82 Å². The van der Waals surface area contributed by atoms with E-state index < -0.39 is 0 Å². The van der Waals surface area contributed by atoms with Crippen molar-refractivity contribution in [3.05, 3.63) is 15.1 Å². The Morgan fingerprint density at radius 1 is 1.40 bits per heavy atom. The van der Waals surface area contributed by atoms with Crippen molar-refractivity contribution in [1.82, 2.24) is 9.97 Å². The highest BCUT2D eigenvalue weighted by atomic mass is 127. The normalized spacial score (nSPS) is 17.6. The molecule has 0 amide bonds. The minimum absolute atomic E-state index is 0.250. The third-order valence-electron chi connectivity index (χ3n) is 3.03. The molecular formula is C11H16IN3. The number of nitrogens with zero attached hydrogens (tertiary/aromatic N) is 2. The molecule has 1 aromatic heterocycles. The van der Waals surface area contributed by atoms with Crippen molar-refractivity contribution in [2.75, 3.05) is 12.4 Å².